The van der Waals surface area contributed by atoms with Gasteiger partial charge in [0.25, 0.3) is 0 Å². The summed E-state index contributed by atoms with van der Waals surface area (Å²) >= 11 is 0. The summed E-state index contributed by atoms with van der Waals surface area (Å²) < 4.78 is 26.8. The molecule has 0 radical (unpaired) electrons. The van der Waals surface area contributed by atoms with Gasteiger partial charge in [0.15, 0.2) is 0 Å². The molecule has 1 heterocycles. The summed E-state index contributed by atoms with van der Waals surface area (Å²) in [4.78, 5) is 0. The molecule has 0 unspecified atom stereocenters. The minimum atomic E-state index is -3.35. The highest BCUT2D eigenvalue weighted by atomic mass is 32.2. The number of hydrogen-bond donors (Lipinski definition) is 2. The van der Waals surface area contributed by atoms with Gasteiger partial charge in [-0.1, -0.05) is 30.3 Å². The van der Waals surface area contributed by atoms with E-state index in [0.717, 1.165) is 36.9 Å². The number of rotatable bonds is 4. The number of aromatic amines is 1. The van der Waals surface area contributed by atoms with Gasteiger partial charge < -0.3 is 0 Å². The van der Waals surface area contributed by atoms with Gasteiger partial charge in [0.2, 0.25) is 10.0 Å². The average molecular weight is 387 g/mol. The topological polar surface area (TPSA) is 98.6 Å². The molecule has 6 nitrogen and oxygen atoms in total. The maximum atomic E-state index is 12.4. The summed E-state index contributed by atoms with van der Waals surface area (Å²) in [5, 5.41) is 17.1. The van der Waals surface area contributed by atoms with Crippen LogP contribution < -0.4 is 4.72 Å². The molecule has 0 aliphatic heterocycles. The molecule has 1 aromatic carbocycles. The molecule has 1 aromatic heterocycles. The van der Waals surface area contributed by atoms with E-state index in [4.69, 9.17) is 0 Å². The molecule has 2 aromatic rings. The Hall–Kier alpha value is -2.17. The molecule has 0 amide bonds. The molecule has 0 atom stereocenters. The Morgan fingerprint density at radius 1 is 1.15 bits per heavy atom. The van der Waals surface area contributed by atoms with E-state index in [0.29, 0.717) is 11.3 Å². The number of nitrogens with zero attached hydrogens (tertiary/aromatic N) is 2. The van der Waals surface area contributed by atoms with Crippen LogP contribution in [-0.4, -0.2) is 29.4 Å². The molecular formula is C20H26N4O2S. The second kappa shape index (κ2) is 7.45. The zero-order valence-corrected chi connectivity index (χ0v) is 16.8. The molecule has 7 heteroatoms. The van der Waals surface area contributed by atoms with Crippen LogP contribution in [-0.2, 0) is 10.0 Å². The molecule has 3 rings (SSSR count). The minimum Gasteiger partial charge on any atom is -0.280 e. The average Bonchev–Trinajstić information content (AvgIpc) is 3.06. The van der Waals surface area contributed by atoms with Gasteiger partial charge in [0.1, 0.15) is 17.3 Å². The maximum absolute atomic E-state index is 12.4. The molecular weight excluding hydrogens is 360 g/mol. The normalized spacial score (nSPS) is 21.0. The van der Waals surface area contributed by atoms with Gasteiger partial charge in [-0.2, -0.15) is 10.4 Å². The third-order valence-electron chi connectivity index (χ3n) is 5.22. The van der Waals surface area contributed by atoms with Gasteiger partial charge >= 0.3 is 0 Å². The van der Waals surface area contributed by atoms with Crippen molar-refractivity contribution in [1.82, 2.24) is 14.9 Å². The lowest BCUT2D eigenvalue weighted by atomic mass is 9.83. The number of nitrogens with one attached hydrogen (secondary N) is 2. The molecule has 0 saturated heterocycles. The van der Waals surface area contributed by atoms with Crippen molar-refractivity contribution < 1.29 is 8.42 Å². The van der Waals surface area contributed by atoms with E-state index in [1.165, 1.54) is 0 Å². The van der Waals surface area contributed by atoms with Crippen LogP contribution in [0.3, 0.4) is 0 Å². The molecule has 0 bridgehead atoms. The maximum Gasteiger partial charge on any atom is 0.216 e. The first-order valence-corrected chi connectivity index (χ1v) is 10.8. The van der Waals surface area contributed by atoms with Crippen molar-refractivity contribution in [2.75, 3.05) is 0 Å². The summed E-state index contributed by atoms with van der Waals surface area (Å²) in [7, 11) is -3.35. The van der Waals surface area contributed by atoms with Gasteiger partial charge in [-0.3, -0.25) is 5.10 Å². The Labute approximate surface area is 161 Å². The molecule has 0 spiro atoms. The fourth-order valence-corrected chi connectivity index (χ4v) is 4.49. The molecule has 2 N–H and O–H groups in total. The van der Waals surface area contributed by atoms with Crippen LogP contribution in [0.15, 0.2) is 30.3 Å². The second-order valence-corrected chi connectivity index (χ2v) is 10.6. The smallest absolute Gasteiger partial charge is 0.216 e. The number of H-pyrrole nitrogens is 1. The van der Waals surface area contributed by atoms with Gasteiger partial charge in [0.05, 0.1) is 10.4 Å². The summed E-state index contributed by atoms with van der Waals surface area (Å²) in [6, 6.07) is 11.9. The van der Waals surface area contributed by atoms with Crippen molar-refractivity contribution in [1.29, 1.82) is 5.26 Å². The van der Waals surface area contributed by atoms with E-state index in [9.17, 15) is 13.7 Å². The van der Waals surface area contributed by atoms with E-state index in [1.807, 2.05) is 30.3 Å². The Kier molecular flexibility index (Phi) is 5.41. The number of sulfonamides is 1. The van der Waals surface area contributed by atoms with Crippen LogP contribution in [0.2, 0.25) is 0 Å². The van der Waals surface area contributed by atoms with E-state index < -0.39 is 14.8 Å². The summed E-state index contributed by atoms with van der Waals surface area (Å²) in [6.07, 6.45) is 3.15. The third kappa shape index (κ3) is 4.07. The summed E-state index contributed by atoms with van der Waals surface area (Å²) in [5.74, 6) is 0.194. The quantitative estimate of drug-likeness (QED) is 0.837. The molecule has 1 aliphatic carbocycles. The van der Waals surface area contributed by atoms with Crippen molar-refractivity contribution in [2.45, 2.75) is 63.2 Å². The second-order valence-electron chi connectivity index (χ2n) is 8.12. The fraction of sp³-hybridized carbons (Fsp3) is 0.500. The zero-order valence-electron chi connectivity index (χ0n) is 16.0. The number of benzene rings is 1. The highest BCUT2D eigenvalue weighted by Gasteiger charge is 2.34. The predicted molar refractivity (Wildman–Crippen MR) is 106 cm³/mol. The Morgan fingerprint density at radius 2 is 1.78 bits per heavy atom. The van der Waals surface area contributed by atoms with Crippen LogP contribution >= 0.6 is 0 Å². The van der Waals surface area contributed by atoms with Gasteiger partial charge in [-0.15, -0.1) is 0 Å². The first-order valence-electron chi connectivity index (χ1n) is 9.28. The number of nitriles is 1. The van der Waals surface area contributed by atoms with Crippen molar-refractivity contribution in [3.8, 4) is 17.3 Å². The standard InChI is InChI=1S/C20H26N4O2S/c1-20(2,3)27(25,26)24-16-11-9-15(10-12-16)19-17(13-21)18(22-23-19)14-7-5-4-6-8-14/h4-8,15-16,24H,9-12H2,1-3H3,(H,22,23)/t15-,16-. The third-order valence-corrected chi connectivity index (χ3v) is 7.47. The van der Waals surface area contributed by atoms with Crippen LogP contribution in [0.4, 0.5) is 0 Å². The zero-order chi connectivity index (χ0) is 19.7. The largest absolute Gasteiger partial charge is 0.280 e. The van der Waals surface area contributed by atoms with Crippen molar-refractivity contribution in [3.63, 3.8) is 0 Å². The molecule has 1 aliphatic rings. The fourth-order valence-electron chi connectivity index (χ4n) is 3.47. The molecule has 1 saturated carbocycles. The van der Waals surface area contributed by atoms with Crippen LogP contribution in [0.25, 0.3) is 11.3 Å². The van der Waals surface area contributed by atoms with E-state index in [1.54, 1.807) is 20.8 Å². The minimum absolute atomic E-state index is 0.0486. The number of hydrogen-bond acceptors (Lipinski definition) is 4. The molecule has 144 valence electrons. The first kappa shape index (κ1) is 19.6. The molecule has 1 fully saturated rings. The van der Waals surface area contributed by atoms with Crippen LogP contribution in [0, 0.1) is 11.3 Å². The Balaban J connectivity index is 1.72. The number of aromatic nitrogens is 2. The summed E-state index contributed by atoms with van der Waals surface area (Å²) in [6.45, 7) is 5.11. The first-order chi connectivity index (χ1) is 12.7. The lowest BCUT2D eigenvalue weighted by Crippen LogP contribution is -2.45. The van der Waals surface area contributed by atoms with Crippen molar-refractivity contribution in [3.05, 3.63) is 41.6 Å². The van der Waals surface area contributed by atoms with Crippen LogP contribution in [0.5, 0.6) is 0 Å². The Morgan fingerprint density at radius 3 is 2.33 bits per heavy atom. The van der Waals surface area contributed by atoms with Crippen molar-refractivity contribution >= 4 is 10.0 Å². The highest BCUT2D eigenvalue weighted by molar-refractivity contribution is 7.90. The van der Waals surface area contributed by atoms with Gasteiger partial charge in [-0.05, 0) is 46.5 Å². The van der Waals surface area contributed by atoms with Crippen molar-refractivity contribution in [2.24, 2.45) is 0 Å². The predicted octanol–water partition coefficient (Wildman–Crippen LogP) is 3.69. The monoisotopic (exact) mass is 386 g/mol. The molecule has 27 heavy (non-hydrogen) atoms. The van der Waals surface area contributed by atoms with E-state index in [2.05, 4.69) is 21.0 Å². The lowest BCUT2D eigenvalue weighted by molar-refractivity contribution is 0.366. The van der Waals surface area contributed by atoms with E-state index in [-0.39, 0.29) is 12.0 Å². The summed E-state index contributed by atoms with van der Waals surface area (Å²) in [5.41, 5.74) is 3.07. The SMILES string of the molecule is CC(C)(C)S(=O)(=O)N[C@H]1CC[C@H](c2[nH]nc(-c3ccccc3)c2C#N)CC1. The van der Waals surface area contributed by atoms with Gasteiger partial charge in [-0.25, -0.2) is 13.1 Å². The van der Waals surface area contributed by atoms with Gasteiger partial charge in [0, 0.05) is 17.5 Å². The lowest BCUT2D eigenvalue weighted by Gasteiger charge is -2.31. The Bertz CT molecular complexity index is 929. The van der Waals surface area contributed by atoms with Crippen LogP contribution in [0.1, 0.15) is 63.6 Å². The highest BCUT2D eigenvalue weighted by Crippen LogP contribution is 2.36. The van der Waals surface area contributed by atoms with E-state index >= 15 is 0 Å².